The van der Waals surface area contributed by atoms with Gasteiger partial charge in [0.15, 0.2) is 0 Å². The van der Waals surface area contributed by atoms with Crippen LogP contribution < -0.4 is 9.64 Å². The molecule has 0 bridgehead atoms. The summed E-state index contributed by atoms with van der Waals surface area (Å²) in [5.41, 5.74) is 2.76. The lowest BCUT2D eigenvalue weighted by Crippen LogP contribution is -2.30. The zero-order valence-corrected chi connectivity index (χ0v) is 22.4. The summed E-state index contributed by atoms with van der Waals surface area (Å²) in [5.74, 6) is 2.82. The largest absolute Gasteiger partial charge is 0.493 e. The fourth-order valence-electron chi connectivity index (χ4n) is 4.04. The highest BCUT2D eigenvalue weighted by atomic mass is 16.5. The van der Waals surface area contributed by atoms with E-state index < -0.39 is 0 Å². The van der Waals surface area contributed by atoms with E-state index in [4.69, 9.17) is 13.9 Å². The number of pyridine rings is 1. The van der Waals surface area contributed by atoms with Crippen molar-refractivity contribution in [2.45, 2.75) is 40.7 Å². The van der Waals surface area contributed by atoms with Gasteiger partial charge in [0.1, 0.15) is 17.3 Å². The van der Waals surface area contributed by atoms with Gasteiger partial charge in [0.05, 0.1) is 31.0 Å². The SMILES string of the molecule is C=CCN(CC(=O)OCC)Cc1cccc(OCCc2nc(-c3ccc(N(CC)CC)nc3)oc2C)c1. The fourth-order valence-corrected chi connectivity index (χ4v) is 4.04. The number of aromatic nitrogens is 2. The van der Waals surface area contributed by atoms with Crippen molar-refractivity contribution in [3.05, 3.63) is 72.3 Å². The minimum atomic E-state index is -0.241. The maximum Gasteiger partial charge on any atom is 0.320 e. The molecule has 0 N–H and O–H groups in total. The molecule has 0 saturated carbocycles. The maximum absolute atomic E-state index is 11.9. The molecule has 0 unspecified atom stereocenters. The summed E-state index contributed by atoms with van der Waals surface area (Å²) in [5, 5.41) is 0. The zero-order chi connectivity index (χ0) is 26.6. The Kier molecular flexibility index (Phi) is 10.7. The van der Waals surface area contributed by atoms with Gasteiger partial charge in [0.25, 0.3) is 0 Å². The standard InChI is InChI=1S/C29H38N4O4/c1-6-16-32(21-28(34)35-9-4)20-23-11-10-12-25(18-23)36-17-15-26-22(5)37-29(31-26)24-13-14-27(30-19-24)33(7-2)8-3/h6,10-14,18-19H,1,7-9,15-17,20-21H2,2-5H3. The van der Waals surface area contributed by atoms with E-state index in [9.17, 15) is 4.79 Å². The van der Waals surface area contributed by atoms with Crippen LogP contribution in [0.1, 0.15) is 37.8 Å². The minimum Gasteiger partial charge on any atom is -0.493 e. The quantitative estimate of drug-likeness (QED) is 0.209. The Hall–Kier alpha value is -3.65. The van der Waals surface area contributed by atoms with Crippen LogP contribution in [0.3, 0.4) is 0 Å². The highest BCUT2D eigenvalue weighted by Gasteiger charge is 2.14. The van der Waals surface area contributed by atoms with Crippen molar-refractivity contribution in [2.24, 2.45) is 0 Å². The molecule has 2 heterocycles. The number of oxazole rings is 1. The number of ether oxygens (including phenoxy) is 2. The summed E-state index contributed by atoms with van der Waals surface area (Å²) in [6.07, 6.45) is 4.21. The summed E-state index contributed by atoms with van der Waals surface area (Å²) >= 11 is 0. The molecule has 0 spiro atoms. The first kappa shape index (κ1) is 27.9. The van der Waals surface area contributed by atoms with Gasteiger partial charge in [-0.15, -0.1) is 6.58 Å². The smallest absolute Gasteiger partial charge is 0.320 e. The van der Waals surface area contributed by atoms with Gasteiger partial charge in [-0.1, -0.05) is 18.2 Å². The second kappa shape index (κ2) is 14.2. The van der Waals surface area contributed by atoms with Gasteiger partial charge in [0.2, 0.25) is 5.89 Å². The lowest BCUT2D eigenvalue weighted by molar-refractivity contribution is -0.144. The van der Waals surface area contributed by atoms with E-state index in [2.05, 4.69) is 35.3 Å². The molecule has 1 aromatic carbocycles. The third kappa shape index (κ3) is 8.18. The molecule has 0 aliphatic heterocycles. The average molecular weight is 507 g/mol. The lowest BCUT2D eigenvalue weighted by Gasteiger charge is -2.20. The molecule has 0 aliphatic rings. The molecule has 0 atom stereocenters. The molecular formula is C29H38N4O4. The molecule has 0 radical (unpaired) electrons. The number of carbonyl (C=O) groups excluding carboxylic acids is 1. The lowest BCUT2D eigenvalue weighted by atomic mass is 10.2. The van der Waals surface area contributed by atoms with Crippen molar-refractivity contribution in [1.82, 2.24) is 14.9 Å². The second-order valence-electron chi connectivity index (χ2n) is 8.61. The molecule has 0 saturated heterocycles. The van der Waals surface area contributed by atoms with Crippen LogP contribution in [-0.4, -0.2) is 60.2 Å². The topological polar surface area (TPSA) is 80.9 Å². The number of carbonyl (C=O) groups is 1. The van der Waals surface area contributed by atoms with Gasteiger partial charge in [-0.2, -0.15) is 0 Å². The van der Waals surface area contributed by atoms with Crippen LogP contribution in [0.25, 0.3) is 11.5 Å². The van der Waals surface area contributed by atoms with Crippen molar-refractivity contribution in [2.75, 3.05) is 44.3 Å². The number of rotatable bonds is 15. The number of benzene rings is 1. The van der Waals surface area contributed by atoms with Crippen LogP contribution >= 0.6 is 0 Å². The fraction of sp³-hybridized carbons (Fsp3) is 0.414. The highest BCUT2D eigenvalue weighted by Crippen LogP contribution is 2.24. The third-order valence-corrected chi connectivity index (χ3v) is 5.93. The molecule has 37 heavy (non-hydrogen) atoms. The average Bonchev–Trinajstić information content (AvgIpc) is 3.26. The van der Waals surface area contributed by atoms with Gasteiger partial charge in [-0.25, -0.2) is 9.97 Å². The molecule has 0 aliphatic carbocycles. The van der Waals surface area contributed by atoms with Crippen LogP contribution in [-0.2, 0) is 22.5 Å². The number of hydrogen-bond donors (Lipinski definition) is 0. The second-order valence-corrected chi connectivity index (χ2v) is 8.61. The highest BCUT2D eigenvalue weighted by molar-refractivity contribution is 5.71. The van der Waals surface area contributed by atoms with Crippen LogP contribution in [0.5, 0.6) is 5.75 Å². The number of anilines is 1. The van der Waals surface area contributed by atoms with E-state index in [1.54, 1.807) is 13.0 Å². The molecule has 198 valence electrons. The van der Waals surface area contributed by atoms with Crippen LogP contribution in [0.15, 0.2) is 59.7 Å². The van der Waals surface area contributed by atoms with Crippen molar-refractivity contribution in [3.8, 4) is 17.2 Å². The van der Waals surface area contributed by atoms with E-state index in [0.29, 0.717) is 38.6 Å². The zero-order valence-electron chi connectivity index (χ0n) is 22.4. The molecule has 0 fully saturated rings. The van der Waals surface area contributed by atoms with E-state index in [1.807, 2.05) is 54.4 Å². The van der Waals surface area contributed by atoms with Gasteiger partial charge >= 0.3 is 5.97 Å². The first-order valence-electron chi connectivity index (χ1n) is 12.9. The maximum atomic E-state index is 11.9. The Labute approximate surface area is 219 Å². The van der Waals surface area contributed by atoms with Crippen LogP contribution in [0.2, 0.25) is 0 Å². The predicted octanol–water partition coefficient (Wildman–Crippen LogP) is 5.06. The summed E-state index contributed by atoms with van der Waals surface area (Å²) in [7, 11) is 0. The third-order valence-electron chi connectivity index (χ3n) is 5.93. The van der Waals surface area contributed by atoms with Crippen molar-refractivity contribution < 1.29 is 18.7 Å². The normalized spacial score (nSPS) is 10.9. The Balaban J connectivity index is 1.57. The number of nitrogens with zero attached hydrogens (tertiary/aromatic N) is 4. The van der Waals surface area contributed by atoms with Crippen LogP contribution in [0, 0.1) is 6.92 Å². The molecule has 3 aromatic rings. The summed E-state index contributed by atoms with van der Waals surface area (Å²) in [6, 6.07) is 11.9. The summed E-state index contributed by atoms with van der Waals surface area (Å²) in [6.45, 7) is 15.8. The van der Waals surface area contributed by atoms with E-state index in [-0.39, 0.29) is 12.5 Å². The first-order chi connectivity index (χ1) is 18.0. The van der Waals surface area contributed by atoms with Crippen molar-refractivity contribution in [1.29, 1.82) is 0 Å². The van der Waals surface area contributed by atoms with Crippen molar-refractivity contribution >= 4 is 11.8 Å². The Morgan fingerprint density at radius 1 is 1.16 bits per heavy atom. The molecule has 0 amide bonds. The molecular weight excluding hydrogens is 468 g/mol. The van der Waals surface area contributed by atoms with Gasteiger partial charge < -0.3 is 18.8 Å². The van der Waals surface area contributed by atoms with Gasteiger partial charge in [-0.05, 0) is 57.5 Å². The Morgan fingerprint density at radius 3 is 2.65 bits per heavy atom. The van der Waals surface area contributed by atoms with Gasteiger partial charge in [-0.3, -0.25) is 9.69 Å². The summed E-state index contributed by atoms with van der Waals surface area (Å²) in [4.78, 5) is 25.3. The molecule has 3 rings (SSSR count). The Bertz CT molecular complexity index is 1140. The monoisotopic (exact) mass is 506 g/mol. The molecule has 8 heteroatoms. The number of aryl methyl sites for hydroxylation is 1. The number of esters is 1. The van der Waals surface area contributed by atoms with E-state index in [0.717, 1.165) is 47.2 Å². The van der Waals surface area contributed by atoms with Crippen molar-refractivity contribution in [3.63, 3.8) is 0 Å². The minimum absolute atomic E-state index is 0.215. The van der Waals surface area contributed by atoms with Gasteiger partial charge in [0, 0.05) is 38.8 Å². The first-order valence-corrected chi connectivity index (χ1v) is 12.9. The summed E-state index contributed by atoms with van der Waals surface area (Å²) < 4.78 is 17.0. The molecule has 8 nitrogen and oxygen atoms in total. The van der Waals surface area contributed by atoms with Crippen LogP contribution in [0.4, 0.5) is 5.82 Å². The molecule has 2 aromatic heterocycles. The van der Waals surface area contributed by atoms with E-state index >= 15 is 0 Å². The number of hydrogen-bond acceptors (Lipinski definition) is 8. The Morgan fingerprint density at radius 2 is 1.97 bits per heavy atom. The van der Waals surface area contributed by atoms with E-state index in [1.165, 1.54) is 0 Å². The predicted molar refractivity (Wildman–Crippen MR) is 146 cm³/mol.